The van der Waals surface area contributed by atoms with E-state index in [0.29, 0.717) is 5.88 Å². The van der Waals surface area contributed by atoms with Crippen molar-refractivity contribution in [1.82, 2.24) is 4.98 Å². The fourth-order valence-corrected chi connectivity index (χ4v) is 2.10. The van der Waals surface area contributed by atoms with E-state index in [1.54, 1.807) is 13.3 Å². The minimum absolute atomic E-state index is 0.643. The number of ether oxygens (including phenoxy) is 2. The molecule has 0 bridgehead atoms. The molecule has 4 heteroatoms. The molecule has 2 rings (SSSR count). The molecule has 2 aromatic rings. The van der Waals surface area contributed by atoms with Crippen LogP contribution in [0.15, 0.2) is 42.6 Å². The van der Waals surface area contributed by atoms with E-state index in [-0.39, 0.29) is 0 Å². The van der Waals surface area contributed by atoms with E-state index in [4.69, 9.17) is 9.47 Å². The van der Waals surface area contributed by atoms with Gasteiger partial charge < -0.3 is 9.47 Å². The van der Waals surface area contributed by atoms with Crippen LogP contribution in [-0.2, 0) is 16.5 Å². The van der Waals surface area contributed by atoms with Crippen LogP contribution in [0.2, 0.25) is 0 Å². The first kappa shape index (κ1) is 14.0. The first-order valence-corrected chi connectivity index (χ1v) is 7.21. The third kappa shape index (κ3) is 4.04. The smallest absolute Gasteiger partial charge is 0.223 e. The monoisotopic (exact) mass is 321 g/mol. The highest BCUT2D eigenvalue weighted by Crippen LogP contribution is 2.24. The molecule has 0 atom stereocenters. The van der Waals surface area contributed by atoms with Crippen LogP contribution in [0.3, 0.4) is 0 Å². The topological polar surface area (TPSA) is 31.4 Å². The highest BCUT2D eigenvalue weighted by atomic mass is 79.9. The first-order chi connectivity index (χ1) is 9.33. The lowest BCUT2D eigenvalue weighted by Crippen LogP contribution is -1.95. The van der Waals surface area contributed by atoms with Gasteiger partial charge in [0, 0.05) is 24.2 Å². The Hall–Kier alpha value is -1.39. The predicted molar refractivity (Wildman–Crippen MR) is 79.0 cm³/mol. The zero-order valence-electron chi connectivity index (χ0n) is 10.8. The first-order valence-electron chi connectivity index (χ1n) is 6.09. The lowest BCUT2D eigenvalue weighted by atomic mass is 10.1. The lowest BCUT2D eigenvalue weighted by Gasteiger charge is -2.08. The molecule has 0 aliphatic carbocycles. The maximum atomic E-state index is 5.79. The molecular weight excluding hydrogens is 306 g/mol. The molecule has 100 valence electrons. The number of methoxy groups -OCH3 is 1. The highest BCUT2D eigenvalue weighted by Gasteiger charge is 2.04. The summed E-state index contributed by atoms with van der Waals surface area (Å²) < 4.78 is 10.8. The molecule has 0 radical (unpaired) electrons. The summed E-state index contributed by atoms with van der Waals surface area (Å²) in [6, 6.07) is 11.9. The highest BCUT2D eigenvalue weighted by molar-refractivity contribution is 9.08. The second-order valence-electron chi connectivity index (χ2n) is 4.09. The largest absolute Gasteiger partial charge is 0.439 e. The van der Waals surface area contributed by atoms with Gasteiger partial charge in [-0.3, -0.25) is 0 Å². The maximum Gasteiger partial charge on any atom is 0.223 e. The van der Waals surface area contributed by atoms with Crippen molar-refractivity contribution in [3.05, 3.63) is 53.7 Å². The fourth-order valence-electron chi connectivity index (χ4n) is 1.67. The molecule has 0 saturated heterocycles. The molecule has 1 aromatic heterocycles. The average molecular weight is 322 g/mol. The van der Waals surface area contributed by atoms with Crippen LogP contribution in [0.25, 0.3) is 0 Å². The second-order valence-corrected chi connectivity index (χ2v) is 4.65. The summed E-state index contributed by atoms with van der Waals surface area (Å²) >= 11 is 3.43. The summed E-state index contributed by atoms with van der Waals surface area (Å²) in [5.74, 6) is 1.44. The molecule has 0 unspecified atom stereocenters. The zero-order valence-corrected chi connectivity index (χ0v) is 12.4. The lowest BCUT2D eigenvalue weighted by molar-refractivity contribution is 0.202. The van der Waals surface area contributed by atoms with Crippen molar-refractivity contribution >= 4 is 15.9 Å². The van der Waals surface area contributed by atoms with E-state index < -0.39 is 0 Å². The summed E-state index contributed by atoms with van der Waals surface area (Å²) in [4.78, 5) is 4.24. The van der Waals surface area contributed by atoms with Gasteiger partial charge in [-0.25, -0.2) is 4.98 Å². The van der Waals surface area contributed by atoms with Crippen LogP contribution in [-0.4, -0.2) is 18.7 Å². The number of alkyl halides is 1. The van der Waals surface area contributed by atoms with E-state index in [9.17, 15) is 0 Å². The normalized spacial score (nSPS) is 10.4. The van der Waals surface area contributed by atoms with Crippen molar-refractivity contribution in [2.75, 3.05) is 13.7 Å². The van der Waals surface area contributed by atoms with Crippen LogP contribution in [0.4, 0.5) is 0 Å². The van der Waals surface area contributed by atoms with Crippen LogP contribution < -0.4 is 4.74 Å². The zero-order chi connectivity index (χ0) is 13.5. The summed E-state index contributed by atoms with van der Waals surface area (Å²) in [5.41, 5.74) is 2.27. The van der Waals surface area contributed by atoms with Gasteiger partial charge in [0.25, 0.3) is 0 Å². The number of pyridine rings is 1. The average Bonchev–Trinajstić information content (AvgIpc) is 2.47. The minimum atomic E-state index is 0.643. The molecule has 0 aliphatic rings. The van der Waals surface area contributed by atoms with Crippen molar-refractivity contribution in [1.29, 1.82) is 0 Å². The fraction of sp³-hybridized carbons (Fsp3) is 0.267. The Morgan fingerprint density at radius 1 is 1.16 bits per heavy atom. The van der Waals surface area contributed by atoms with Crippen molar-refractivity contribution in [3.8, 4) is 11.6 Å². The van der Waals surface area contributed by atoms with E-state index in [1.165, 1.54) is 5.56 Å². The van der Waals surface area contributed by atoms with Crippen molar-refractivity contribution in [2.24, 2.45) is 0 Å². The number of rotatable bonds is 6. The van der Waals surface area contributed by atoms with Gasteiger partial charge in [-0.2, -0.15) is 0 Å². The van der Waals surface area contributed by atoms with Crippen LogP contribution in [0, 0.1) is 0 Å². The van der Waals surface area contributed by atoms with Gasteiger partial charge in [-0.1, -0.05) is 34.1 Å². The summed E-state index contributed by atoms with van der Waals surface area (Å²) in [7, 11) is 1.71. The van der Waals surface area contributed by atoms with Crippen molar-refractivity contribution in [2.45, 2.75) is 11.8 Å². The predicted octanol–water partition coefficient (Wildman–Crippen LogP) is 3.96. The van der Waals surface area contributed by atoms with Gasteiger partial charge in [0.1, 0.15) is 5.75 Å². The van der Waals surface area contributed by atoms with E-state index in [0.717, 1.165) is 29.7 Å². The third-order valence-corrected chi connectivity index (χ3v) is 3.33. The Morgan fingerprint density at radius 3 is 2.63 bits per heavy atom. The molecule has 3 nitrogen and oxygen atoms in total. The number of benzene rings is 1. The molecule has 0 saturated carbocycles. The van der Waals surface area contributed by atoms with Crippen molar-refractivity contribution in [3.63, 3.8) is 0 Å². The van der Waals surface area contributed by atoms with Gasteiger partial charge in [-0.15, -0.1) is 0 Å². The molecular formula is C15H16BrNO2. The van der Waals surface area contributed by atoms with Gasteiger partial charge in [0.05, 0.1) is 6.61 Å². The number of aromatic nitrogens is 1. The van der Waals surface area contributed by atoms with Crippen molar-refractivity contribution < 1.29 is 9.47 Å². The van der Waals surface area contributed by atoms with Gasteiger partial charge in [0.15, 0.2) is 0 Å². The van der Waals surface area contributed by atoms with Crippen LogP contribution in [0.5, 0.6) is 11.6 Å². The third-order valence-electron chi connectivity index (χ3n) is 2.73. The summed E-state index contributed by atoms with van der Waals surface area (Å²) in [6.07, 6.45) is 2.64. The Kier molecular flexibility index (Phi) is 5.36. The maximum absolute atomic E-state index is 5.79. The Bertz CT molecular complexity index is 514. The molecule has 0 fully saturated rings. The standard InChI is InChI=1S/C15H16BrNO2/c1-18-10-8-12-4-6-14(7-5-12)19-15-13(11-16)3-2-9-17-15/h2-7,9H,8,10-11H2,1H3. The summed E-state index contributed by atoms with van der Waals surface area (Å²) in [6.45, 7) is 0.730. The number of nitrogens with zero attached hydrogens (tertiary/aromatic N) is 1. The van der Waals surface area contributed by atoms with E-state index in [1.807, 2.05) is 36.4 Å². The quantitative estimate of drug-likeness (QED) is 0.755. The Labute approximate surface area is 121 Å². The molecule has 19 heavy (non-hydrogen) atoms. The molecule has 0 N–H and O–H groups in total. The number of halogens is 1. The molecule has 0 spiro atoms. The van der Waals surface area contributed by atoms with Gasteiger partial charge >= 0.3 is 0 Å². The SMILES string of the molecule is COCCc1ccc(Oc2ncccc2CBr)cc1. The van der Waals surface area contributed by atoms with E-state index >= 15 is 0 Å². The second kappa shape index (κ2) is 7.26. The number of hydrogen-bond donors (Lipinski definition) is 0. The number of hydrogen-bond acceptors (Lipinski definition) is 3. The Morgan fingerprint density at radius 2 is 1.95 bits per heavy atom. The van der Waals surface area contributed by atoms with Crippen LogP contribution >= 0.6 is 15.9 Å². The molecule has 0 amide bonds. The summed E-state index contributed by atoms with van der Waals surface area (Å²) in [5, 5.41) is 0.724. The van der Waals surface area contributed by atoms with Gasteiger partial charge in [-0.05, 0) is 30.2 Å². The van der Waals surface area contributed by atoms with Crippen LogP contribution in [0.1, 0.15) is 11.1 Å². The van der Waals surface area contributed by atoms with Gasteiger partial charge in [0.2, 0.25) is 5.88 Å². The van der Waals surface area contributed by atoms with E-state index in [2.05, 4.69) is 20.9 Å². The Balaban J connectivity index is 2.06. The minimum Gasteiger partial charge on any atom is -0.439 e. The molecule has 0 aliphatic heterocycles. The molecule has 1 heterocycles. The molecule has 1 aromatic carbocycles.